The van der Waals surface area contributed by atoms with E-state index in [1.807, 2.05) is 6.08 Å². The molecular weight excluding hydrogens is 376 g/mol. The van der Waals surface area contributed by atoms with Gasteiger partial charge in [-0.05, 0) is 80.5 Å². The van der Waals surface area contributed by atoms with Crippen LogP contribution in [0.5, 0.6) is 0 Å². The lowest BCUT2D eigenvalue weighted by Gasteiger charge is -2.58. The molecule has 0 aliphatic heterocycles. The zero-order valence-electron chi connectivity index (χ0n) is 19.0. The van der Waals surface area contributed by atoms with Crippen molar-refractivity contribution < 1.29 is 14.0 Å². The van der Waals surface area contributed by atoms with Crippen molar-refractivity contribution in [3.05, 3.63) is 11.6 Å². The molecule has 5 atom stereocenters. The van der Waals surface area contributed by atoms with Gasteiger partial charge in [-0.25, -0.2) is 0 Å². The summed E-state index contributed by atoms with van der Waals surface area (Å²) in [5, 5.41) is 0. The quantitative estimate of drug-likeness (QED) is 0.492. The molecule has 0 saturated heterocycles. The van der Waals surface area contributed by atoms with Crippen LogP contribution in [0.1, 0.15) is 79.1 Å². The van der Waals surface area contributed by atoms with Crippen LogP contribution < -0.4 is 0 Å². The van der Waals surface area contributed by atoms with Gasteiger partial charge in [0.25, 0.3) is 0 Å². The zero-order chi connectivity index (χ0) is 20.9. The Hall–Kier alpha value is -0.743. The number of Topliss-reactive ketones (excluding diaryl/α,β-unsaturated/α-hetero) is 1. The van der Waals surface area contributed by atoms with Crippen molar-refractivity contribution >= 4 is 19.9 Å². The highest BCUT2D eigenvalue weighted by atomic mass is 28.4. The molecule has 162 valence electrons. The maximum Gasteiger partial charge on any atom is 0.192 e. The third kappa shape index (κ3) is 3.24. The standard InChI is InChI=1S/C25H40O3Si/c1-5-29(6-2,7-3)28-17-25-15-12-19(26)16-18(25)8-9-20-21-10-11-23(27)24(21,4)14-13-22(20)25/h16,20-22H,5-15,17H2,1-4H3/t20-,21-,22-,24-,25+/m0/s1. The zero-order valence-corrected chi connectivity index (χ0v) is 20.0. The summed E-state index contributed by atoms with van der Waals surface area (Å²) in [6.45, 7) is 9.99. The van der Waals surface area contributed by atoms with Crippen molar-refractivity contribution in [1.82, 2.24) is 0 Å². The van der Waals surface area contributed by atoms with Crippen LogP contribution in [0.15, 0.2) is 11.6 Å². The van der Waals surface area contributed by atoms with Crippen LogP contribution in [0.4, 0.5) is 0 Å². The molecule has 29 heavy (non-hydrogen) atoms. The smallest absolute Gasteiger partial charge is 0.192 e. The van der Waals surface area contributed by atoms with Gasteiger partial charge in [0.15, 0.2) is 14.1 Å². The van der Waals surface area contributed by atoms with Gasteiger partial charge in [0, 0.05) is 30.3 Å². The van der Waals surface area contributed by atoms with Crippen molar-refractivity contribution in [2.75, 3.05) is 6.61 Å². The number of ketones is 2. The van der Waals surface area contributed by atoms with Gasteiger partial charge in [-0.1, -0.05) is 33.3 Å². The molecule has 0 aromatic carbocycles. The maximum absolute atomic E-state index is 12.7. The minimum absolute atomic E-state index is 0.0571. The average Bonchev–Trinajstić information content (AvgIpc) is 3.04. The number of carbonyl (C=O) groups excluding carboxylic acids is 2. The Morgan fingerprint density at radius 1 is 0.966 bits per heavy atom. The van der Waals surface area contributed by atoms with Crippen LogP contribution >= 0.6 is 0 Å². The summed E-state index contributed by atoms with van der Waals surface area (Å²) >= 11 is 0. The summed E-state index contributed by atoms with van der Waals surface area (Å²) in [5.41, 5.74) is 1.37. The Bertz CT molecular complexity index is 701. The lowest BCUT2D eigenvalue weighted by Crippen LogP contribution is -2.54. The molecule has 0 heterocycles. The fraction of sp³-hybridized carbons (Fsp3) is 0.840. The first kappa shape index (κ1) is 21.5. The molecule has 0 aromatic heterocycles. The molecule has 3 nitrogen and oxygen atoms in total. The van der Waals surface area contributed by atoms with Gasteiger partial charge in [0.05, 0.1) is 0 Å². The lowest BCUT2D eigenvalue weighted by atomic mass is 9.47. The van der Waals surface area contributed by atoms with Crippen LogP contribution in [0.3, 0.4) is 0 Å². The largest absolute Gasteiger partial charge is 0.416 e. The van der Waals surface area contributed by atoms with E-state index in [0.717, 1.165) is 51.6 Å². The predicted octanol–water partition coefficient (Wildman–Crippen LogP) is 6.09. The summed E-state index contributed by atoms with van der Waals surface area (Å²) in [6, 6.07) is 3.53. The third-order valence-corrected chi connectivity index (χ3v) is 14.6. The highest BCUT2D eigenvalue weighted by Crippen LogP contribution is 2.64. The summed E-state index contributed by atoms with van der Waals surface area (Å²) in [5.74, 6) is 2.61. The van der Waals surface area contributed by atoms with Crippen molar-refractivity contribution in [3.63, 3.8) is 0 Å². The van der Waals surface area contributed by atoms with E-state index in [-0.39, 0.29) is 10.8 Å². The molecule has 0 aromatic rings. The maximum atomic E-state index is 12.7. The summed E-state index contributed by atoms with van der Waals surface area (Å²) in [6.07, 6.45) is 9.90. The SMILES string of the molecule is CC[Si](CC)(CC)OC[C@]12CCC(=O)C=C1CC[C@@H]1[C@@H]2CC[C@]2(C)C(=O)CC[C@@H]12. The van der Waals surface area contributed by atoms with Crippen molar-refractivity contribution in [2.45, 2.75) is 97.2 Å². The molecule has 0 radical (unpaired) electrons. The third-order valence-electron chi connectivity index (χ3n) is 9.96. The minimum Gasteiger partial charge on any atom is -0.416 e. The van der Waals surface area contributed by atoms with Gasteiger partial charge in [0.2, 0.25) is 0 Å². The second-order valence-electron chi connectivity index (χ2n) is 10.7. The van der Waals surface area contributed by atoms with Gasteiger partial charge in [-0.2, -0.15) is 0 Å². The van der Waals surface area contributed by atoms with Crippen molar-refractivity contribution in [2.24, 2.45) is 28.6 Å². The summed E-state index contributed by atoms with van der Waals surface area (Å²) in [7, 11) is -1.68. The molecule has 0 bridgehead atoms. The van der Waals surface area contributed by atoms with Gasteiger partial charge in [-0.3, -0.25) is 9.59 Å². The molecule has 4 aliphatic carbocycles. The Morgan fingerprint density at radius 3 is 2.38 bits per heavy atom. The van der Waals surface area contributed by atoms with Crippen LogP contribution in [0.25, 0.3) is 0 Å². The Balaban J connectivity index is 1.67. The number of fused-ring (bicyclic) bond motifs is 5. The highest BCUT2D eigenvalue weighted by molar-refractivity contribution is 6.73. The molecule has 0 N–H and O–H groups in total. The minimum atomic E-state index is -1.68. The molecule has 4 heteroatoms. The van der Waals surface area contributed by atoms with Crippen molar-refractivity contribution in [1.29, 1.82) is 0 Å². The van der Waals surface area contributed by atoms with Crippen molar-refractivity contribution in [3.8, 4) is 0 Å². The fourth-order valence-corrected chi connectivity index (χ4v) is 10.4. The summed E-state index contributed by atoms with van der Waals surface area (Å²) in [4.78, 5) is 25.0. The number of carbonyl (C=O) groups is 2. The topological polar surface area (TPSA) is 43.4 Å². The normalized spacial score (nSPS) is 39.6. The second kappa shape index (κ2) is 7.75. The lowest BCUT2D eigenvalue weighted by molar-refractivity contribution is -0.133. The molecule has 4 rings (SSSR count). The molecule has 3 saturated carbocycles. The molecule has 0 unspecified atom stereocenters. The van der Waals surface area contributed by atoms with E-state index >= 15 is 0 Å². The predicted molar refractivity (Wildman–Crippen MR) is 119 cm³/mol. The number of hydrogen-bond acceptors (Lipinski definition) is 3. The molecule has 0 amide bonds. The van der Waals surface area contributed by atoms with E-state index in [1.165, 1.54) is 23.7 Å². The van der Waals surface area contributed by atoms with E-state index in [4.69, 9.17) is 4.43 Å². The van der Waals surface area contributed by atoms with Crippen LogP contribution in [0, 0.1) is 28.6 Å². The van der Waals surface area contributed by atoms with E-state index in [2.05, 4.69) is 27.7 Å². The Morgan fingerprint density at radius 2 is 1.69 bits per heavy atom. The monoisotopic (exact) mass is 416 g/mol. The molecule has 4 aliphatic rings. The van der Waals surface area contributed by atoms with E-state index in [1.54, 1.807) is 0 Å². The van der Waals surface area contributed by atoms with Crippen LogP contribution in [-0.4, -0.2) is 26.5 Å². The molecule has 3 fully saturated rings. The van der Waals surface area contributed by atoms with Gasteiger partial charge in [-0.15, -0.1) is 0 Å². The first-order chi connectivity index (χ1) is 13.8. The first-order valence-corrected chi connectivity index (χ1v) is 14.8. The Kier molecular flexibility index (Phi) is 5.74. The average molecular weight is 417 g/mol. The van der Waals surface area contributed by atoms with Gasteiger partial charge in [0.1, 0.15) is 5.78 Å². The Labute approximate surface area is 178 Å². The van der Waals surface area contributed by atoms with Crippen LogP contribution in [-0.2, 0) is 14.0 Å². The van der Waals surface area contributed by atoms with E-state index in [9.17, 15) is 9.59 Å². The molecular formula is C25H40O3Si. The van der Waals surface area contributed by atoms with Gasteiger partial charge < -0.3 is 4.43 Å². The fourth-order valence-electron chi connectivity index (χ4n) is 7.74. The highest BCUT2D eigenvalue weighted by Gasteiger charge is 2.60. The molecule has 0 spiro atoms. The first-order valence-electron chi connectivity index (χ1n) is 12.3. The van der Waals surface area contributed by atoms with E-state index in [0.29, 0.717) is 35.7 Å². The summed E-state index contributed by atoms with van der Waals surface area (Å²) < 4.78 is 6.94. The van der Waals surface area contributed by atoms with E-state index < -0.39 is 8.32 Å². The number of hydrogen-bond donors (Lipinski definition) is 0. The van der Waals surface area contributed by atoms with Gasteiger partial charge >= 0.3 is 0 Å². The van der Waals surface area contributed by atoms with Crippen LogP contribution in [0.2, 0.25) is 18.1 Å². The number of rotatable bonds is 6. The second-order valence-corrected chi connectivity index (χ2v) is 15.4.